The van der Waals surface area contributed by atoms with Gasteiger partial charge in [-0.2, -0.15) is 0 Å². The van der Waals surface area contributed by atoms with E-state index in [1.54, 1.807) is 29.2 Å². The normalized spacial score (nSPS) is 15.5. The van der Waals surface area contributed by atoms with Crippen LogP contribution in [-0.4, -0.2) is 38.2 Å². The molecule has 0 spiro atoms. The zero-order valence-corrected chi connectivity index (χ0v) is 18.8. The zero-order chi connectivity index (χ0) is 22.1. The summed E-state index contributed by atoms with van der Waals surface area (Å²) in [5.41, 5.74) is 1.78. The number of benzene rings is 2. The standard InChI is InChI=1S/C22H21ClN4O3S/c1-12(2)27(11-19-25-26-21(30-19)15-6-4-5-7-16(15)23)22(29)14-8-9-18-17(10-14)24-20(28)13(3)31-18/h4-10,12-13H,11H2,1-3H3,(H,24,28). The third kappa shape index (κ3) is 4.45. The molecule has 0 saturated heterocycles. The Labute approximate surface area is 189 Å². The Hall–Kier alpha value is -2.84. The maximum absolute atomic E-state index is 13.2. The first-order chi connectivity index (χ1) is 14.8. The number of carbonyl (C=O) groups is 2. The summed E-state index contributed by atoms with van der Waals surface area (Å²) in [5.74, 6) is 0.362. The maximum Gasteiger partial charge on any atom is 0.254 e. The third-order valence-corrected chi connectivity index (χ3v) is 6.43. The van der Waals surface area contributed by atoms with Gasteiger partial charge < -0.3 is 14.6 Å². The third-order valence-electron chi connectivity index (χ3n) is 4.92. The van der Waals surface area contributed by atoms with Crippen molar-refractivity contribution in [2.75, 3.05) is 5.32 Å². The summed E-state index contributed by atoms with van der Waals surface area (Å²) in [4.78, 5) is 27.8. The van der Waals surface area contributed by atoms with Gasteiger partial charge in [0, 0.05) is 16.5 Å². The molecule has 1 unspecified atom stereocenters. The summed E-state index contributed by atoms with van der Waals surface area (Å²) in [6, 6.07) is 12.5. The topological polar surface area (TPSA) is 88.3 Å². The van der Waals surface area contributed by atoms with Crippen LogP contribution >= 0.6 is 23.4 Å². The molecule has 2 heterocycles. The molecule has 0 aliphatic carbocycles. The Balaban J connectivity index is 1.56. The molecule has 1 aliphatic rings. The second-order valence-corrected chi connectivity index (χ2v) is 9.26. The largest absolute Gasteiger partial charge is 0.419 e. The summed E-state index contributed by atoms with van der Waals surface area (Å²) in [6.45, 7) is 5.84. The Bertz CT molecular complexity index is 1150. The fourth-order valence-electron chi connectivity index (χ4n) is 3.20. The zero-order valence-electron chi connectivity index (χ0n) is 17.3. The second kappa shape index (κ2) is 8.72. The molecule has 0 fully saturated rings. The molecular formula is C22H21ClN4O3S. The van der Waals surface area contributed by atoms with Crippen molar-refractivity contribution >= 4 is 40.9 Å². The minimum Gasteiger partial charge on any atom is -0.419 e. The van der Waals surface area contributed by atoms with Crippen LogP contribution in [-0.2, 0) is 11.3 Å². The van der Waals surface area contributed by atoms with E-state index in [9.17, 15) is 9.59 Å². The Kier molecular flexibility index (Phi) is 6.02. The Morgan fingerprint density at radius 1 is 1.26 bits per heavy atom. The lowest BCUT2D eigenvalue weighted by atomic mass is 10.1. The minimum absolute atomic E-state index is 0.0687. The average Bonchev–Trinajstić information content (AvgIpc) is 3.20. The highest BCUT2D eigenvalue weighted by Gasteiger charge is 2.26. The molecule has 160 valence electrons. The first kappa shape index (κ1) is 21.4. The molecule has 9 heteroatoms. The van der Waals surface area contributed by atoms with E-state index in [1.165, 1.54) is 11.8 Å². The molecule has 2 amide bonds. The number of fused-ring (bicyclic) bond motifs is 1. The molecule has 1 N–H and O–H groups in total. The van der Waals surface area contributed by atoms with E-state index in [4.69, 9.17) is 16.0 Å². The van der Waals surface area contributed by atoms with E-state index >= 15 is 0 Å². The van der Waals surface area contributed by atoms with Crippen molar-refractivity contribution in [3.05, 3.63) is 58.9 Å². The molecule has 0 saturated carbocycles. The van der Waals surface area contributed by atoms with Crippen LogP contribution in [0.3, 0.4) is 0 Å². The summed E-state index contributed by atoms with van der Waals surface area (Å²) in [6.07, 6.45) is 0. The van der Waals surface area contributed by atoms with Gasteiger partial charge in [-0.3, -0.25) is 9.59 Å². The number of amides is 2. The minimum atomic E-state index is -0.187. The van der Waals surface area contributed by atoms with Crippen molar-refractivity contribution in [2.24, 2.45) is 0 Å². The highest BCUT2D eigenvalue weighted by Crippen LogP contribution is 2.36. The lowest BCUT2D eigenvalue weighted by Gasteiger charge is -2.26. The monoisotopic (exact) mass is 456 g/mol. The highest BCUT2D eigenvalue weighted by molar-refractivity contribution is 8.00. The number of hydrogen-bond acceptors (Lipinski definition) is 6. The fraction of sp³-hybridized carbons (Fsp3) is 0.273. The van der Waals surface area contributed by atoms with Crippen LogP contribution in [0.1, 0.15) is 37.0 Å². The number of anilines is 1. The first-order valence-electron chi connectivity index (χ1n) is 9.83. The Morgan fingerprint density at radius 3 is 2.77 bits per heavy atom. The van der Waals surface area contributed by atoms with Crippen molar-refractivity contribution in [1.82, 2.24) is 15.1 Å². The lowest BCUT2D eigenvalue weighted by molar-refractivity contribution is -0.115. The Morgan fingerprint density at radius 2 is 2.03 bits per heavy atom. The van der Waals surface area contributed by atoms with Gasteiger partial charge in [0.2, 0.25) is 17.7 Å². The van der Waals surface area contributed by atoms with Crippen LogP contribution in [0.25, 0.3) is 11.5 Å². The van der Waals surface area contributed by atoms with Gasteiger partial charge in [-0.05, 0) is 51.1 Å². The van der Waals surface area contributed by atoms with Gasteiger partial charge in [0.05, 0.1) is 28.1 Å². The van der Waals surface area contributed by atoms with Gasteiger partial charge in [0.1, 0.15) is 0 Å². The van der Waals surface area contributed by atoms with Gasteiger partial charge >= 0.3 is 0 Å². The summed E-state index contributed by atoms with van der Waals surface area (Å²) in [5, 5.41) is 11.4. The van der Waals surface area contributed by atoms with Crippen molar-refractivity contribution in [2.45, 2.75) is 43.5 Å². The molecule has 4 rings (SSSR count). The maximum atomic E-state index is 13.2. The molecule has 7 nitrogen and oxygen atoms in total. The average molecular weight is 457 g/mol. The van der Waals surface area contributed by atoms with Crippen LogP contribution in [0.4, 0.5) is 5.69 Å². The van der Waals surface area contributed by atoms with E-state index in [0.717, 1.165) is 4.90 Å². The van der Waals surface area contributed by atoms with Crippen molar-refractivity contribution < 1.29 is 14.0 Å². The predicted octanol–water partition coefficient (Wildman–Crippen LogP) is 4.87. The molecule has 1 aliphatic heterocycles. The lowest BCUT2D eigenvalue weighted by Crippen LogP contribution is -2.36. The van der Waals surface area contributed by atoms with E-state index in [-0.39, 0.29) is 29.7 Å². The molecule has 1 atom stereocenters. The van der Waals surface area contributed by atoms with Crippen LogP contribution < -0.4 is 5.32 Å². The smallest absolute Gasteiger partial charge is 0.254 e. The van der Waals surface area contributed by atoms with Crippen LogP contribution in [0.5, 0.6) is 0 Å². The molecule has 0 bridgehead atoms. The van der Waals surface area contributed by atoms with Crippen LogP contribution in [0.2, 0.25) is 5.02 Å². The van der Waals surface area contributed by atoms with Gasteiger partial charge in [0.15, 0.2) is 0 Å². The number of aromatic nitrogens is 2. The van der Waals surface area contributed by atoms with E-state index in [1.807, 2.05) is 39.0 Å². The molecule has 3 aromatic rings. The summed E-state index contributed by atoms with van der Waals surface area (Å²) < 4.78 is 5.77. The number of thioether (sulfide) groups is 1. The van der Waals surface area contributed by atoms with Crippen LogP contribution in [0.15, 0.2) is 51.8 Å². The molecule has 31 heavy (non-hydrogen) atoms. The van der Waals surface area contributed by atoms with E-state index < -0.39 is 0 Å². The number of nitrogens with zero attached hydrogens (tertiary/aromatic N) is 3. The van der Waals surface area contributed by atoms with E-state index in [2.05, 4.69) is 15.5 Å². The van der Waals surface area contributed by atoms with Crippen LogP contribution in [0, 0.1) is 0 Å². The van der Waals surface area contributed by atoms with Crippen molar-refractivity contribution in [1.29, 1.82) is 0 Å². The summed E-state index contributed by atoms with van der Waals surface area (Å²) >= 11 is 7.69. The predicted molar refractivity (Wildman–Crippen MR) is 120 cm³/mol. The van der Waals surface area contributed by atoms with Crippen molar-refractivity contribution in [3.8, 4) is 11.5 Å². The number of rotatable bonds is 5. The number of carbonyl (C=O) groups excluding carboxylic acids is 2. The molecule has 1 aromatic heterocycles. The highest BCUT2D eigenvalue weighted by atomic mass is 35.5. The van der Waals surface area contributed by atoms with Gasteiger partial charge in [-0.15, -0.1) is 22.0 Å². The molecule has 2 aromatic carbocycles. The second-order valence-electron chi connectivity index (χ2n) is 7.47. The van der Waals surface area contributed by atoms with Crippen molar-refractivity contribution in [3.63, 3.8) is 0 Å². The summed E-state index contributed by atoms with van der Waals surface area (Å²) in [7, 11) is 0. The fourth-order valence-corrected chi connectivity index (χ4v) is 4.35. The quantitative estimate of drug-likeness (QED) is 0.589. The first-order valence-corrected chi connectivity index (χ1v) is 11.1. The van der Waals surface area contributed by atoms with E-state index in [0.29, 0.717) is 33.6 Å². The molecular weight excluding hydrogens is 436 g/mol. The molecule has 0 radical (unpaired) electrons. The number of nitrogens with one attached hydrogen (secondary N) is 1. The van der Waals surface area contributed by atoms with Gasteiger partial charge in [-0.1, -0.05) is 23.7 Å². The number of halogens is 1. The van der Waals surface area contributed by atoms with Gasteiger partial charge in [-0.25, -0.2) is 0 Å². The van der Waals surface area contributed by atoms with Gasteiger partial charge in [0.25, 0.3) is 5.91 Å². The number of hydrogen-bond donors (Lipinski definition) is 1. The SMILES string of the molecule is CC1Sc2ccc(C(=O)N(Cc3nnc(-c4ccccc4Cl)o3)C(C)C)cc2NC1=O.